The maximum absolute atomic E-state index is 11.8. The fourth-order valence-electron chi connectivity index (χ4n) is 2.88. The first-order valence-corrected chi connectivity index (χ1v) is 11.0. The third-order valence-electron chi connectivity index (χ3n) is 4.57. The van der Waals surface area contributed by atoms with Crippen LogP contribution in [0, 0.1) is 6.92 Å². The van der Waals surface area contributed by atoms with Gasteiger partial charge in [0.25, 0.3) is 0 Å². The summed E-state index contributed by atoms with van der Waals surface area (Å²) in [6.07, 6.45) is 0. The van der Waals surface area contributed by atoms with E-state index >= 15 is 0 Å². The van der Waals surface area contributed by atoms with E-state index in [9.17, 15) is 9.90 Å². The zero-order valence-electron chi connectivity index (χ0n) is 16.9. The Hall–Kier alpha value is -2.18. The van der Waals surface area contributed by atoms with Gasteiger partial charge in [0.15, 0.2) is 5.82 Å². The first-order chi connectivity index (χ1) is 13.6. The largest absolute Gasteiger partial charge is 0.478 e. The van der Waals surface area contributed by atoms with Gasteiger partial charge >= 0.3 is 5.97 Å². The van der Waals surface area contributed by atoms with E-state index in [1.807, 2.05) is 24.3 Å². The molecule has 0 aliphatic carbocycles. The second-order valence-corrected chi connectivity index (χ2v) is 9.74. The molecule has 3 rings (SSSR count). The van der Waals surface area contributed by atoms with E-state index < -0.39 is 5.97 Å². The number of hydrogen-bond acceptors (Lipinski definition) is 4. The average molecular weight is 471 g/mol. The summed E-state index contributed by atoms with van der Waals surface area (Å²) >= 11 is 4.85. The summed E-state index contributed by atoms with van der Waals surface area (Å²) < 4.78 is 0.966. The second kappa shape index (κ2) is 8.67. The van der Waals surface area contributed by atoms with Crippen molar-refractivity contribution in [1.29, 1.82) is 0 Å². The van der Waals surface area contributed by atoms with E-state index in [0.29, 0.717) is 22.3 Å². The topological polar surface area (TPSA) is 63.1 Å². The zero-order valence-corrected chi connectivity index (χ0v) is 19.3. The molecule has 6 heteroatoms. The maximum atomic E-state index is 11.8. The van der Waals surface area contributed by atoms with Gasteiger partial charge in [-0.3, -0.25) is 0 Å². The average Bonchev–Trinajstić information content (AvgIpc) is 2.65. The van der Waals surface area contributed by atoms with Crippen molar-refractivity contribution in [2.24, 2.45) is 0 Å². The van der Waals surface area contributed by atoms with Crippen molar-refractivity contribution in [2.75, 3.05) is 0 Å². The molecule has 29 heavy (non-hydrogen) atoms. The molecule has 0 bridgehead atoms. The minimum atomic E-state index is -1.00. The Balaban J connectivity index is 1.90. The van der Waals surface area contributed by atoms with Crippen molar-refractivity contribution in [2.45, 2.75) is 43.9 Å². The quantitative estimate of drug-likeness (QED) is 0.340. The molecule has 3 aromatic rings. The fourth-order valence-corrected chi connectivity index (χ4v) is 4.17. The molecule has 0 atom stereocenters. The molecule has 0 fully saturated rings. The summed E-state index contributed by atoms with van der Waals surface area (Å²) in [7, 11) is 0. The molecule has 0 radical (unpaired) electrons. The number of carboxylic acid groups (broad SMARTS) is 1. The predicted octanol–water partition coefficient (Wildman–Crippen LogP) is 6.50. The Labute approximate surface area is 183 Å². The molecule has 4 nitrogen and oxygen atoms in total. The molecule has 0 amide bonds. The van der Waals surface area contributed by atoms with E-state index in [1.54, 1.807) is 6.92 Å². The monoisotopic (exact) mass is 470 g/mol. The van der Waals surface area contributed by atoms with Crippen molar-refractivity contribution >= 4 is 33.7 Å². The van der Waals surface area contributed by atoms with Crippen molar-refractivity contribution in [3.05, 3.63) is 75.4 Å². The lowest BCUT2D eigenvalue weighted by Gasteiger charge is -2.19. The summed E-state index contributed by atoms with van der Waals surface area (Å²) in [5, 5.41) is 10.2. The van der Waals surface area contributed by atoms with Crippen LogP contribution in [-0.4, -0.2) is 21.0 Å². The van der Waals surface area contributed by atoms with Gasteiger partial charge in [0.05, 0.1) is 5.69 Å². The van der Waals surface area contributed by atoms with Crippen LogP contribution in [0.25, 0.3) is 11.4 Å². The summed E-state index contributed by atoms with van der Waals surface area (Å²) in [4.78, 5) is 20.8. The van der Waals surface area contributed by atoms with Crippen LogP contribution in [0.5, 0.6) is 0 Å². The molecular formula is C23H23BrN2O2S. The molecule has 1 heterocycles. The minimum absolute atomic E-state index is 0.103. The maximum Gasteiger partial charge on any atom is 0.340 e. The summed E-state index contributed by atoms with van der Waals surface area (Å²) in [6, 6.07) is 16.1. The molecule has 0 saturated heterocycles. The van der Waals surface area contributed by atoms with E-state index in [1.165, 1.54) is 17.3 Å². The molecule has 0 unspecified atom stereocenters. The van der Waals surface area contributed by atoms with Crippen LogP contribution in [0.4, 0.5) is 0 Å². The lowest BCUT2D eigenvalue weighted by atomic mass is 9.87. The Kier molecular flexibility index (Phi) is 6.44. The van der Waals surface area contributed by atoms with Gasteiger partial charge in [-0.15, -0.1) is 11.8 Å². The smallest absolute Gasteiger partial charge is 0.340 e. The number of rotatable bonds is 5. The molecule has 0 aliphatic rings. The highest BCUT2D eigenvalue weighted by Crippen LogP contribution is 2.30. The predicted molar refractivity (Wildman–Crippen MR) is 122 cm³/mol. The normalized spacial score (nSPS) is 11.5. The summed E-state index contributed by atoms with van der Waals surface area (Å²) in [6.45, 7) is 8.27. The minimum Gasteiger partial charge on any atom is -0.478 e. The highest BCUT2D eigenvalue weighted by atomic mass is 79.9. The number of thioether (sulfide) groups is 1. The van der Waals surface area contributed by atoms with Gasteiger partial charge in [0.1, 0.15) is 10.6 Å². The van der Waals surface area contributed by atoms with E-state index in [2.05, 4.69) is 70.9 Å². The number of carboxylic acids is 1. The lowest BCUT2D eigenvalue weighted by Crippen LogP contribution is -2.10. The number of hydrogen-bond donors (Lipinski definition) is 1. The van der Waals surface area contributed by atoms with Crippen molar-refractivity contribution in [3.63, 3.8) is 0 Å². The molecule has 0 saturated carbocycles. The van der Waals surface area contributed by atoms with Gasteiger partial charge in [0.2, 0.25) is 0 Å². The molecule has 150 valence electrons. The standard InChI is InChI=1S/C23H23BrN2O2S/c1-14-19(22(27)28)21(26-20(25-14)16-7-11-18(24)12-8-16)29-13-15-5-9-17(10-6-15)23(2,3)4/h5-12H,13H2,1-4H3,(H,27,28). The highest BCUT2D eigenvalue weighted by molar-refractivity contribution is 9.10. The van der Waals surface area contributed by atoms with Crippen LogP contribution in [0.1, 0.15) is 48.0 Å². The van der Waals surface area contributed by atoms with Crippen LogP contribution < -0.4 is 0 Å². The van der Waals surface area contributed by atoms with Gasteiger partial charge in [-0.1, -0.05) is 73.1 Å². The number of carbonyl (C=O) groups is 1. The molecule has 1 aromatic heterocycles. The number of nitrogens with zero attached hydrogens (tertiary/aromatic N) is 2. The van der Waals surface area contributed by atoms with Crippen LogP contribution in [0.15, 0.2) is 58.0 Å². The van der Waals surface area contributed by atoms with Crippen LogP contribution in [-0.2, 0) is 11.2 Å². The van der Waals surface area contributed by atoms with Crippen molar-refractivity contribution in [3.8, 4) is 11.4 Å². The lowest BCUT2D eigenvalue weighted by molar-refractivity contribution is 0.0690. The SMILES string of the molecule is Cc1nc(-c2ccc(Br)cc2)nc(SCc2ccc(C(C)(C)C)cc2)c1C(=O)O. The molecular weight excluding hydrogens is 448 g/mol. The number of aryl methyl sites for hydroxylation is 1. The van der Waals surface area contributed by atoms with Gasteiger partial charge in [-0.05, 0) is 35.6 Å². The Morgan fingerprint density at radius 1 is 1.03 bits per heavy atom. The van der Waals surface area contributed by atoms with Gasteiger partial charge < -0.3 is 5.11 Å². The first-order valence-electron chi connectivity index (χ1n) is 9.25. The van der Waals surface area contributed by atoms with Crippen molar-refractivity contribution < 1.29 is 9.90 Å². The summed E-state index contributed by atoms with van der Waals surface area (Å²) in [5.74, 6) is 0.169. The van der Waals surface area contributed by atoms with E-state index in [0.717, 1.165) is 15.6 Å². The highest BCUT2D eigenvalue weighted by Gasteiger charge is 2.19. The number of aromatic nitrogens is 2. The summed E-state index contributed by atoms with van der Waals surface area (Å²) in [5.41, 5.74) is 3.99. The number of halogens is 1. The molecule has 0 spiro atoms. The van der Waals surface area contributed by atoms with Gasteiger partial charge in [-0.25, -0.2) is 14.8 Å². The van der Waals surface area contributed by atoms with E-state index in [-0.39, 0.29) is 11.0 Å². The van der Waals surface area contributed by atoms with E-state index in [4.69, 9.17) is 0 Å². The fraction of sp³-hybridized carbons (Fsp3) is 0.261. The van der Waals surface area contributed by atoms with Crippen molar-refractivity contribution in [1.82, 2.24) is 9.97 Å². The van der Waals surface area contributed by atoms with Crippen LogP contribution >= 0.6 is 27.7 Å². The Morgan fingerprint density at radius 2 is 1.66 bits per heavy atom. The van der Waals surface area contributed by atoms with Gasteiger partial charge in [-0.2, -0.15) is 0 Å². The first kappa shape index (κ1) is 21.5. The van der Waals surface area contributed by atoms with Crippen LogP contribution in [0.3, 0.4) is 0 Å². The molecule has 1 N–H and O–H groups in total. The zero-order chi connectivity index (χ0) is 21.2. The van der Waals surface area contributed by atoms with Crippen LogP contribution in [0.2, 0.25) is 0 Å². The third-order valence-corrected chi connectivity index (χ3v) is 6.14. The molecule has 2 aromatic carbocycles. The number of benzene rings is 2. The Bertz CT molecular complexity index is 1030. The third kappa shape index (κ3) is 5.25. The second-order valence-electron chi connectivity index (χ2n) is 7.86. The number of aromatic carboxylic acids is 1. The van der Waals surface area contributed by atoms with Gasteiger partial charge in [0, 0.05) is 15.8 Å². The molecule has 0 aliphatic heterocycles. The Morgan fingerprint density at radius 3 is 2.21 bits per heavy atom.